The molecular formula is C12H24N2O. The van der Waals surface area contributed by atoms with Crippen LogP contribution in [0.15, 0.2) is 0 Å². The van der Waals surface area contributed by atoms with Crippen LogP contribution in [0.5, 0.6) is 0 Å². The highest BCUT2D eigenvalue weighted by Gasteiger charge is 2.25. The van der Waals surface area contributed by atoms with Gasteiger partial charge >= 0.3 is 0 Å². The van der Waals surface area contributed by atoms with E-state index in [4.69, 9.17) is 0 Å². The van der Waals surface area contributed by atoms with Crippen molar-refractivity contribution < 1.29 is 4.79 Å². The zero-order valence-corrected chi connectivity index (χ0v) is 10.5. The van der Waals surface area contributed by atoms with Crippen LogP contribution >= 0.6 is 0 Å². The van der Waals surface area contributed by atoms with E-state index in [1.807, 2.05) is 11.9 Å². The predicted octanol–water partition coefficient (Wildman–Crippen LogP) is 1.63. The van der Waals surface area contributed by atoms with Gasteiger partial charge in [0.2, 0.25) is 5.91 Å². The Hall–Kier alpha value is -0.570. The molecule has 0 aromatic heterocycles. The second-order valence-electron chi connectivity index (χ2n) is 5.72. The highest BCUT2D eigenvalue weighted by molar-refractivity contribution is 5.76. The maximum atomic E-state index is 12.0. The van der Waals surface area contributed by atoms with Crippen LogP contribution in [0.4, 0.5) is 0 Å². The van der Waals surface area contributed by atoms with E-state index in [-0.39, 0.29) is 11.3 Å². The van der Waals surface area contributed by atoms with E-state index in [0.29, 0.717) is 12.5 Å². The Labute approximate surface area is 93.2 Å². The molecule has 0 aliphatic carbocycles. The molecule has 1 aliphatic rings. The molecule has 0 bridgehead atoms. The minimum Gasteiger partial charge on any atom is -0.343 e. The molecule has 88 valence electrons. The molecule has 3 nitrogen and oxygen atoms in total. The second-order valence-corrected chi connectivity index (χ2v) is 5.72. The maximum absolute atomic E-state index is 12.0. The molecule has 1 amide bonds. The number of hydrogen-bond acceptors (Lipinski definition) is 2. The summed E-state index contributed by atoms with van der Waals surface area (Å²) in [6, 6.07) is 0.445. The van der Waals surface area contributed by atoms with Gasteiger partial charge in [-0.2, -0.15) is 0 Å². The molecule has 1 aliphatic heterocycles. The molecule has 0 aromatic rings. The molecule has 0 atom stereocenters. The smallest absolute Gasteiger partial charge is 0.223 e. The summed E-state index contributed by atoms with van der Waals surface area (Å²) in [5.74, 6) is 0.286. The van der Waals surface area contributed by atoms with Gasteiger partial charge in [-0.15, -0.1) is 0 Å². The molecular weight excluding hydrogens is 188 g/mol. The largest absolute Gasteiger partial charge is 0.343 e. The van der Waals surface area contributed by atoms with Gasteiger partial charge in [0.25, 0.3) is 0 Å². The van der Waals surface area contributed by atoms with Gasteiger partial charge in [0.1, 0.15) is 0 Å². The maximum Gasteiger partial charge on any atom is 0.223 e. The minimum absolute atomic E-state index is 0.0955. The average molecular weight is 212 g/mol. The number of hydrogen-bond donors (Lipinski definition) is 1. The van der Waals surface area contributed by atoms with Crippen molar-refractivity contribution in [2.75, 3.05) is 20.1 Å². The van der Waals surface area contributed by atoms with E-state index in [2.05, 4.69) is 26.1 Å². The highest BCUT2D eigenvalue weighted by Crippen LogP contribution is 2.21. The van der Waals surface area contributed by atoms with E-state index in [0.717, 1.165) is 25.9 Å². The molecule has 1 N–H and O–H groups in total. The number of rotatable bonds is 2. The normalized spacial score (nSPS) is 18.9. The van der Waals surface area contributed by atoms with Crippen LogP contribution < -0.4 is 5.32 Å². The summed E-state index contributed by atoms with van der Waals surface area (Å²) in [5.41, 5.74) is 0.0955. The fraction of sp³-hybridized carbons (Fsp3) is 0.917. The third-order valence-corrected chi connectivity index (χ3v) is 2.93. The zero-order chi connectivity index (χ0) is 11.5. The Morgan fingerprint density at radius 1 is 1.33 bits per heavy atom. The van der Waals surface area contributed by atoms with Crippen LogP contribution in [0, 0.1) is 5.41 Å². The summed E-state index contributed by atoms with van der Waals surface area (Å²) in [4.78, 5) is 13.9. The first kappa shape index (κ1) is 12.5. The first-order valence-corrected chi connectivity index (χ1v) is 5.86. The lowest BCUT2D eigenvalue weighted by Crippen LogP contribution is -2.44. The van der Waals surface area contributed by atoms with Crippen molar-refractivity contribution in [3.05, 3.63) is 0 Å². The monoisotopic (exact) mass is 212 g/mol. The third kappa shape index (κ3) is 4.20. The second kappa shape index (κ2) is 4.97. The van der Waals surface area contributed by atoms with Crippen molar-refractivity contribution in [2.45, 2.75) is 46.1 Å². The zero-order valence-electron chi connectivity index (χ0n) is 10.5. The van der Waals surface area contributed by atoms with Crippen molar-refractivity contribution in [3.63, 3.8) is 0 Å². The van der Waals surface area contributed by atoms with Gasteiger partial charge in [0.05, 0.1) is 0 Å². The van der Waals surface area contributed by atoms with Crippen LogP contribution in [0.1, 0.15) is 40.0 Å². The van der Waals surface area contributed by atoms with Crippen molar-refractivity contribution in [1.82, 2.24) is 10.2 Å². The Morgan fingerprint density at radius 2 is 1.87 bits per heavy atom. The topological polar surface area (TPSA) is 32.3 Å². The number of carbonyl (C=O) groups is 1. The lowest BCUT2D eigenvalue weighted by Gasteiger charge is -2.33. The Bertz CT molecular complexity index is 214. The minimum atomic E-state index is 0.0955. The van der Waals surface area contributed by atoms with Crippen molar-refractivity contribution >= 4 is 5.91 Å². The van der Waals surface area contributed by atoms with Crippen LogP contribution in [0.2, 0.25) is 0 Å². The van der Waals surface area contributed by atoms with Crippen molar-refractivity contribution in [1.29, 1.82) is 0 Å². The SMILES string of the molecule is CN(C(=O)CC(C)(C)C)C1CCNCC1. The first-order valence-electron chi connectivity index (χ1n) is 5.86. The van der Waals surface area contributed by atoms with Crippen LogP contribution in [-0.4, -0.2) is 37.0 Å². The molecule has 0 saturated carbocycles. The predicted molar refractivity (Wildman–Crippen MR) is 62.7 cm³/mol. The molecule has 1 saturated heterocycles. The first-order chi connectivity index (χ1) is 6.90. The standard InChI is InChI=1S/C12H24N2O/c1-12(2,3)9-11(15)14(4)10-5-7-13-8-6-10/h10,13H,5-9H2,1-4H3. The fourth-order valence-corrected chi connectivity index (χ4v) is 1.98. The van der Waals surface area contributed by atoms with E-state index in [1.54, 1.807) is 0 Å². The molecule has 1 heterocycles. The summed E-state index contributed by atoms with van der Waals surface area (Å²) in [5, 5.41) is 3.32. The lowest BCUT2D eigenvalue weighted by atomic mass is 9.91. The number of nitrogens with zero attached hydrogens (tertiary/aromatic N) is 1. The van der Waals surface area contributed by atoms with Crippen LogP contribution in [0.25, 0.3) is 0 Å². The molecule has 3 heteroatoms. The van der Waals surface area contributed by atoms with Gasteiger partial charge < -0.3 is 10.2 Å². The van der Waals surface area contributed by atoms with Gasteiger partial charge in [-0.05, 0) is 31.3 Å². The molecule has 1 rings (SSSR count). The summed E-state index contributed by atoms with van der Waals surface area (Å²) in [7, 11) is 1.95. The van der Waals surface area contributed by atoms with Crippen LogP contribution in [0.3, 0.4) is 0 Å². The summed E-state index contributed by atoms with van der Waals surface area (Å²) in [6.45, 7) is 8.42. The number of carbonyl (C=O) groups excluding carboxylic acids is 1. The highest BCUT2D eigenvalue weighted by atomic mass is 16.2. The number of amides is 1. The Morgan fingerprint density at radius 3 is 2.33 bits per heavy atom. The molecule has 15 heavy (non-hydrogen) atoms. The van der Waals surface area contributed by atoms with Gasteiger partial charge in [0, 0.05) is 19.5 Å². The van der Waals surface area contributed by atoms with E-state index < -0.39 is 0 Å². The van der Waals surface area contributed by atoms with E-state index in [1.165, 1.54) is 0 Å². The molecule has 0 unspecified atom stereocenters. The molecule has 0 aromatic carbocycles. The molecule has 0 spiro atoms. The lowest BCUT2D eigenvalue weighted by molar-refractivity contribution is -0.134. The third-order valence-electron chi connectivity index (χ3n) is 2.93. The Balaban J connectivity index is 2.44. The molecule has 0 radical (unpaired) electrons. The van der Waals surface area contributed by atoms with Gasteiger partial charge in [0.15, 0.2) is 0 Å². The van der Waals surface area contributed by atoms with Gasteiger partial charge in [-0.25, -0.2) is 0 Å². The Kier molecular flexibility index (Phi) is 4.14. The van der Waals surface area contributed by atoms with Crippen LogP contribution in [-0.2, 0) is 4.79 Å². The summed E-state index contributed by atoms with van der Waals surface area (Å²) in [6.07, 6.45) is 2.83. The number of piperidine rings is 1. The van der Waals surface area contributed by atoms with E-state index >= 15 is 0 Å². The number of nitrogens with one attached hydrogen (secondary N) is 1. The fourth-order valence-electron chi connectivity index (χ4n) is 1.98. The van der Waals surface area contributed by atoms with Crippen molar-refractivity contribution in [3.8, 4) is 0 Å². The molecule has 1 fully saturated rings. The quantitative estimate of drug-likeness (QED) is 0.754. The van der Waals surface area contributed by atoms with Gasteiger partial charge in [-0.3, -0.25) is 4.79 Å². The summed E-state index contributed by atoms with van der Waals surface area (Å²) >= 11 is 0. The van der Waals surface area contributed by atoms with Gasteiger partial charge in [-0.1, -0.05) is 20.8 Å². The average Bonchev–Trinajstić information content (AvgIpc) is 2.15. The van der Waals surface area contributed by atoms with Crippen molar-refractivity contribution in [2.24, 2.45) is 5.41 Å². The van der Waals surface area contributed by atoms with E-state index in [9.17, 15) is 4.79 Å². The summed E-state index contributed by atoms with van der Waals surface area (Å²) < 4.78 is 0.